The molecule has 0 bridgehead atoms. The molecule has 1 N–H and O–H groups in total. The molecule has 11 heteroatoms. The summed E-state index contributed by atoms with van der Waals surface area (Å²) < 4.78 is 87.2. The number of benzene rings is 1. The lowest BCUT2D eigenvalue weighted by atomic mass is 10.00. The second kappa shape index (κ2) is 10.2. The van der Waals surface area contributed by atoms with Gasteiger partial charge in [-0.15, -0.1) is 10.2 Å². The van der Waals surface area contributed by atoms with Crippen LogP contribution < -0.4 is 5.32 Å². The largest absolute Gasteiger partial charge is 0.417 e. The summed E-state index contributed by atoms with van der Waals surface area (Å²) in [4.78, 5) is 2.50. The first-order valence-corrected chi connectivity index (χ1v) is 12.3. The van der Waals surface area contributed by atoms with Gasteiger partial charge in [0, 0.05) is 44.5 Å². The van der Waals surface area contributed by atoms with Gasteiger partial charge in [0.2, 0.25) is 0 Å². The van der Waals surface area contributed by atoms with Crippen LogP contribution in [0.15, 0.2) is 24.3 Å². The number of alkyl halides is 5. The average molecular weight is 515 g/mol. The Kier molecular flexibility index (Phi) is 7.13. The lowest BCUT2D eigenvalue weighted by Gasteiger charge is -2.28. The van der Waals surface area contributed by atoms with E-state index in [-0.39, 0.29) is 11.9 Å². The number of rotatable bonds is 6. The van der Waals surface area contributed by atoms with Crippen LogP contribution in [0.5, 0.6) is 0 Å². The summed E-state index contributed by atoms with van der Waals surface area (Å²) in [6.45, 7) is 4.66. The zero-order chi connectivity index (χ0) is 25.4. The molecule has 0 radical (unpaired) electrons. The molecule has 2 atom stereocenters. The first-order chi connectivity index (χ1) is 17.2. The van der Waals surface area contributed by atoms with Gasteiger partial charge in [0.1, 0.15) is 5.82 Å². The number of anilines is 1. The van der Waals surface area contributed by atoms with Crippen LogP contribution >= 0.6 is 0 Å². The number of aromatic nitrogens is 2. The smallest absolute Gasteiger partial charge is 0.381 e. The van der Waals surface area contributed by atoms with Crippen LogP contribution in [0.1, 0.15) is 43.2 Å². The van der Waals surface area contributed by atoms with Gasteiger partial charge in [0.05, 0.1) is 16.8 Å². The van der Waals surface area contributed by atoms with Crippen molar-refractivity contribution in [3.05, 3.63) is 41.2 Å². The Morgan fingerprint density at radius 1 is 1.03 bits per heavy atom. The fourth-order valence-electron chi connectivity index (χ4n) is 5.94. The molecule has 2 aliphatic heterocycles. The van der Waals surface area contributed by atoms with Crippen LogP contribution in [0.25, 0.3) is 11.3 Å². The number of likely N-dealkylation sites (tertiary alicyclic amines) is 1. The van der Waals surface area contributed by atoms with Crippen LogP contribution in [0.2, 0.25) is 0 Å². The van der Waals surface area contributed by atoms with Crippen molar-refractivity contribution in [2.75, 3.05) is 38.2 Å². The summed E-state index contributed by atoms with van der Waals surface area (Å²) in [7, 11) is 0. The number of hydrogen-bond acceptors (Lipinski definition) is 5. The normalized spacial score (nSPS) is 24.0. The van der Waals surface area contributed by atoms with Crippen molar-refractivity contribution in [3.8, 4) is 11.3 Å². The third-order valence-corrected chi connectivity index (χ3v) is 7.65. The molecule has 0 amide bonds. The van der Waals surface area contributed by atoms with E-state index in [2.05, 4.69) is 20.4 Å². The van der Waals surface area contributed by atoms with Crippen LogP contribution in [0.4, 0.5) is 32.2 Å². The molecule has 2 saturated heterocycles. The van der Waals surface area contributed by atoms with Gasteiger partial charge in [0.25, 0.3) is 6.43 Å². The molecule has 1 saturated carbocycles. The Hall–Kier alpha value is -2.40. The molecule has 36 heavy (non-hydrogen) atoms. The number of hydrogen-bond donors (Lipinski definition) is 1. The molecule has 1 aromatic heterocycles. The van der Waals surface area contributed by atoms with E-state index in [1.807, 2.05) is 0 Å². The van der Waals surface area contributed by atoms with E-state index in [9.17, 15) is 26.3 Å². The first kappa shape index (κ1) is 25.3. The summed E-state index contributed by atoms with van der Waals surface area (Å²) in [5, 5.41) is 10.7. The van der Waals surface area contributed by atoms with Gasteiger partial charge in [-0.05, 0) is 67.7 Å². The second-order valence-corrected chi connectivity index (χ2v) is 10.1. The van der Waals surface area contributed by atoms with Gasteiger partial charge in [0.15, 0.2) is 5.82 Å². The van der Waals surface area contributed by atoms with Gasteiger partial charge in [-0.1, -0.05) is 0 Å². The number of ether oxygens (including phenoxy) is 1. The maximum atomic E-state index is 13.9. The molecule has 0 spiro atoms. The van der Waals surface area contributed by atoms with E-state index < -0.39 is 40.8 Å². The summed E-state index contributed by atoms with van der Waals surface area (Å²) >= 11 is 0. The molecule has 5 rings (SSSR count). The standard InChI is InChI=1S/C25H28F6N4O/c26-17-1-2-21(25(29,30)31)19(9-17)22-10-20(23(27)28)24(34-33-22)32-18-7-15-12-35(13-16(15)8-18)11-14-3-5-36-6-4-14/h1-2,9-10,14-16,18,23H,3-8,11-13H2,(H,32,34)/t15-,16-/m1/s1. The number of halogens is 6. The molecule has 196 valence electrons. The third kappa shape index (κ3) is 5.46. The molecule has 3 fully saturated rings. The van der Waals surface area contributed by atoms with E-state index in [1.54, 1.807) is 0 Å². The molecule has 1 aromatic carbocycles. The van der Waals surface area contributed by atoms with Crippen molar-refractivity contribution in [3.63, 3.8) is 0 Å². The van der Waals surface area contributed by atoms with Crippen LogP contribution in [0, 0.1) is 23.6 Å². The molecule has 3 heterocycles. The SMILES string of the molecule is Fc1ccc(C(F)(F)F)c(-c2cc(C(F)F)c(NC3C[C@@H]4CN(CC5CCOCC5)C[C@H]4C3)nn2)c1. The van der Waals surface area contributed by atoms with E-state index in [0.29, 0.717) is 36.0 Å². The number of fused-ring (bicyclic) bond motifs is 1. The van der Waals surface area contributed by atoms with Crippen molar-refractivity contribution in [2.24, 2.45) is 17.8 Å². The molecule has 5 nitrogen and oxygen atoms in total. The third-order valence-electron chi connectivity index (χ3n) is 7.65. The van der Waals surface area contributed by atoms with Gasteiger partial charge in [-0.25, -0.2) is 13.2 Å². The molecule has 3 aliphatic rings. The topological polar surface area (TPSA) is 50.3 Å². The predicted molar refractivity (Wildman–Crippen MR) is 121 cm³/mol. The summed E-state index contributed by atoms with van der Waals surface area (Å²) in [5.74, 6) is 0.522. The van der Waals surface area contributed by atoms with Gasteiger partial charge >= 0.3 is 6.18 Å². The highest BCUT2D eigenvalue weighted by atomic mass is 19.4. The number of nitrogens with one attached hydrogen (secondary N) is 1. The zero-order valence-corrected chi connectivity index (χ0v) is 19.6. The quantitative estimate of drug-likeness (QED) is 0.495. The highest BCUT2D eigenvalue weighted by molar-refractivity contribution is 5.66. The van der Waals surface area contributed by atoms with Crippen LogP contribution in [-0.4, -0.2) is 54.0 Å². The minimum absolute atomic E-state index is 0.0669. The Balaban J connectivity index is 1.28. The van der Waals surface area contributed by atoms with Crippen molar-refractivity contribution in [1.82, 2.24) is 15.1 Å². The maximum absolute atomic E-state index is 13.9. The minimum Gasteiger partial charge on any atom is -0.381 e. The Morgan fingerprint density at radius 2 is 1.72 bits per heavy atom. The molecule has 1 aliphatic carbocycles. The lowest BCUT2D eigenvalue weighted by molar-refractivity contribution is -0.137. The zero-order valence-electron chi connectivity index (χ0n) is 19.6. The van der Waals surface area contributed by atoms with Gasteiger partial charge < -0.3 is 15.0 Å². The molecule has 0 unspecified atom stereocenters. The molecular formula is C25H28F6N4O. The Labute approximate surface area is 205 Å². The maximum Gasteiger partial charge on any atom is 0.417 e. The van der Waals surface area contributed by atoms with Crippen LogP contribution in [-0.2, 0) is 10.9 Å². The fourth-order valence-corrected chi connectivity index (χ4v) is 5.94. The van der Waals surface area contributed by atoms with Gasteiger partial charge in [-0.3, -0.25) is 0 Å². The van der Waals surface area contributed by atoms with E-state index in [1.165, 1.54) is 0 Å². The van der Waals surface area contributed by atoms with Crippen molar-refractivity contribution in [2.45, 2.75) is 44.3 Å². The predicted octanol–water partition coefficient (Wildman–Crippen LogP) is 5.79. The lowest BCUT2D eigenvalue weighted by Crippen LogP contribution is -2.32. The highest BCUT2D eigenvalue weighted by Crippen LogP contribution is 2.41. The van der Waals surface area contributed by atoms with Crippen molar-refractivity contribution < 1.29 is 31.1 Å². The second-order valence-electron chi connectivity index (χ2n) is 10.1. The monoisotopic (exact) mass is 514 g/mol. The average Bonchev–Trinajstić information content (AvgIpc) is 3.37. The summed E-state index contributed by atoms with van der Waals surface area (Å²) in [5.41, 5.74) is -2.78. The van der Waals surface area contributed by atoms with Gasteiger partial charge in [-0.2, -0.15) is 13.2 Å². The van der Waals surface area contributed by atoms with E-state index >= 15 is 0 Å². The fraction of sp³-hybridized carbons (Fsp3) is 0.600. The Morgan fingerprint density at radius 3 is 2.36 bits per heavy atom. The van der Waals surface area contributed by atoms with E-state index in [4.69, 9.17) is 4.74 Å². The van der Waals surface area contributed by atoms with Crippen LogP contribution in [0.3, 0.4) is 0 Å². The summed E-state index contributed by atoms with van der Waals surface area (Å²) in [6.07, 6.45) is -4.00. The Bertz CT molecular complexity index is 1060. The molecule has 2 aromatic rings. The van der Waals surface area contributed by atoms with Crippen molar-refractivity contribution >= 4 is 5.82 Å². The molecular weight excluding hydrogens is 486 g/mol. The van der Waals surface area contributed by atoms with Crippen molar-refractivity contribution in [1.29, 1.82) is 0 Å². The van der Waals surface area contributed by atoms with E-state index in [0.717, 1.165) is 64.6 Å². The summed E-state index contributed by atoms with van der Waals surface area (Å²) in [6, 6.07) is 2.69. The first-order valence-electron chi connectivity index (χ1n) is 12.3. The minimum atomic E-state index is -4.80. The highest BCUT2D eigenvalue weighted by Gasteiger charge is 2.42. The number of nitrogens with zero attached hydrogens (tertiary/aromatic N) is 3.